The van der Waals surface area contributed by atoms with Gasteiger partial charge in [-0.2, -0.15) is 12.6 Å². The summed E-state index contributed by atoms with van der Waals surface area (Å²) in [5, 5.41) is 10.9. The second kappa shape index (κ2) is 33.3. The number of fused-ring (bicyclic) bond motifs is 2. The second-order valence-corrected chi connectivity index (χ2v) is 24.2. The Labute approximate surface area is 517 Å². The molecule has 0 radical (unpaired) electrons. The summed E-state index contributed by atoms with van der Waals surface area (Å²) in [7, 11) is 0. The number of thiophene rings is 2. The molecule has 4 aliphatic rings. The molecule has 0 bridgehead atoms. The zero-order valence-corrected chi connectivity index (χ0v) is 51.0. The molecule has 22 heteroatoms. The van der Waals surface area contributed by atoms with Crippen molar-refractivity contribution in [1.82, 2.24) is 40.0 Å². The average Bonchev–Trinajstić information content (AvgIpc) is 2.78. The van der Waals surface area contributed by atoms with Gasteiger partial charge in [0, 0.05) is 135 Å². The number of aliphatic hydroxyl groups is 1. The van der Waals surface area contributed by atoms with Crippen LogP contribution in [0.2, 0.25) is 0 Å². The molecule has 2 N–H and O–H groups in total. The summed E-state index contributed by atoms with van der Waals surface area (Å²) >= 11 is 6.70. The van der Waals surface area contributed by atoms with Gasteiger partial charge in [-0.25, -0.2) is 22.0 Å². The molecule has 87 heavy (non-hydrogen) atoms. The smallest absolute Gasteiger partial charge is 0.166 e. The number of pyridine rings is 4. The van der Waals surface area contributed by atoms with Crippen LogP contribution in [-0.4, -0.2) is 149 Å². The first kappa shape index (κ1) is 65.1. The molecular weight excluding hydrogens is 1180 g/mol. The lowest BCUT2D eigenvalue weighted by Crippen LogP contribution is -2.46. The maximum Gasteiger partial charge on any atom is 0.166 e. The number of aliphatic hydroxyl groups excluding tert-OH is 1. The summed E-state index contributed by atoms with van der Waals surface area (Å²) in [5.74, 6) is 2.08. The number of rotatable bonds is 24. The molecule has 14 nitrogen and oxygen atoms in total. The molecule has 0 amide bonds. The van der Waals surface area contributed by atoms with Crippen molar-refractivity contribution >= 4 is 67.3 Å². The lowest BCUT2D eigenvalue weighted by molar-refractivity contribution is -0.119. The van der Waals surface area contributed by atoms with E-state index in [4.69, 9.17) is 24.5 Å². The SMILES string of the molecule is FCCOCS.O=C(Cc1ccc(Oc2ccnc3cc(-c4ccc(CN5CCN(CCF)CC5)cn4)sc23)c(F)c1)CC1CC1.O=C(Cc1ccc(Oc2ccnc3cc(-c4ccc(CN5CCNCC5)cn4)sc23)c(F)c1)CC1CC1.OCCF. The third-order valence-corrected chi connectivity index (χ3v) is 17.4. The number of hydrogen-bond donors (Lipinski definition) is 3. The number of hydrogen-bond acceptors (Lipinski definition) is 17. The van der Waals surface area contributed by atoms with Crippen LogP contribution in [0.25, 0.3) is 41.6 Å². The van der Waals surface area contributed by atoms with Crippen molar-refractivity contribution in [3.05, 3.63) is 144 Å². The average molecular weight is 1250 g/mol. The lowest BCUT2D eigenvalue weighted by atomic mass is 10.0. The third kappa shape index (κ3) is 20.1. The number of halogens is 5. The summed E-state index contributed by atoms with van der Waals surface area (Å²) in [6.07, 6.45) is 13.4. The van der Waals surface area contributed by atoms with Gasteiger partial charge in [0.1, 0.15) is 43.1 Å². The van der Waals surface area contributed by atoms with E-state index in [1.165, 1.54) is 40.4 Å². The number of aromatic nitrogens is 4. The summed E-state index contributed by atoms with van der Waals surface area (Å²) in [5.41, 5.74) is 6.95. The zero-order chi connectivity index (χ0) is 60.9. The van der Waals surface area contributed by atoms with Gasteiger partial charge in [-0.3, -0.25) is 44.2 Å². The number of ether oxygens (including phenoxy) is 3. The molecule has 462 valence electrons. The normalized spacial score (nSPS) is 15.4. The third-order valence-electron chi connectivity index (χ3n) is 14.9. The number of carbonyl (C=O) groups excluding carboxylic acids is 2. The first-order valence-electron chi connectivity index (χ1n) is 29.5. The fourth-order valence-electron chi connectivity index (χ4n) is 9.96. The van der Waals surface area contributed by atoms with E-state index in [1.54, 1.807) is 48.8 Å². The fourth-order valence-corrected chi connectivity index (χ4v) is 12.2. The first-order chi connectivity index (χ1) is 42.5. The number of nitrogens with zero attached hydrogens (tertiary/aromatic N) is 7. The van der Waals surface area contributed by atoms with Crippen molar-refractivity contribution in [1.29, 1.82) is 0 Å². The fraction of sp³-hybridized carbons (Fsp3) is 0.415. The Bertz CT molecular complexity index is 3460. The van der Waals surface area contributed by atoms with Gasteiger partial charge >= 0.3 is 0 Å². The second-order valence-electron chi connectivity index (χ2n) is 21.8. The van der Waals surface area contributed by atoms with Gasteiger partial charge in [-0.05, 0) is 108 Å². The molecule has 2 saturated heterocycles. The van der Waals surface area contributed by atoms with Crippen LogP contribution in [0, 0.1) is 23.5 Å². The van der Waals surface area contributed by atoms with Crippen LogP contribution in [0.4, 0.5) is 22.0 Å². The molecule has 2 aromatic carbocycles. The Morgan fingerprint density at radius 2 is 1.03 bits per heavy atom. The van der Waals surface area contributed by atoms with Gasteiger partial charge in [-0.15, -0.1) is 22.7 Å². The Balaban J connectivity index is 0.000000180. The number of carbonyl (C=O) groups is 2. The molecule has 2 aliphatic heterocycles. The van der Waals surface area contributed by atoms with Crippen molar-refractivity contribution in [3.8, 4) is 44.1 Å². The lowest BCUT2D eigenvalue weighted by Gasteiger charge is -2.34. The summed E-state index contributed by atoms with van der Waals surface area (Å²) in [4.78, 5) is 51.6. The minimum absolute atomic E-state index is 0.119. The van der Waals surface area contributed by atoms with Gasteiger partial charge in [-0.1, -0.05) is 24.3 Å². The molecule has 0 unspecified atom stereocenters. The topological polar surface area (TPSA) is 155 Å². The Kier molecular flexibility index (Phi) is 24.9. The number of piperazine rings is 2. The zero-order valence-electron chi connectivity index (χ0n) is 48.5. The summed E-state index contributed by atoms with van der Waals surface area (Å²) in [6, 6.07) is 25.3. The molecule has 6 aromatic heterocycles. The van der Waals surface area contributed by atoms with E-state index in [0.29, 0.717) is 59.8 Å². The maximum absolute atomic E-state index is 14.9. The van der Waals surface area contributed by atoms with E-state index in [1.807, 2.05) is 36.7 Å². The highest BCUT2D eigenvalue weighted by Crippen LogP contribution is 2.41. The number of thiol groups is 1. The minimum atomic E-state index is -0.625. The van der Waals surface area contributed by atoms with Crippen molar-refractivity contribution in [3.63, 3.8) is 0 Å². The van der Waals surface area contributed by atoms with Gasteiger partial charge in [0.25, 0.3) is 0 Å². The van der Waals surface area contributed by atoms with Crippen LogP contribution in [0.15, 0.2) is 110 Å². The van der Waals surface area contributed by atoms with E-state index in [9.17, 15) is 31.5 Å². The Morgan fingerprint density at radius 1 is 0.575 bits per heavy atom. The van der Waals surface area contributed by atoms with Crippen molar-refractivity contribution in [2.24, 2.45) is 11.8 Å². The summed E-state index contributed by atoms with van der Waals surface area (Å²) in [6.45, 7) is 8.52. The molecule has 8 aromatic rings. The van der Waals surface area contributed by atoms with E-state index < -0.39 is 25.0 Å². The number of Topliss-reactive ketones (excluding diaryl/α,β-unsaturated/α-hetero) is 2. The Morgan fingerprint density at radius 3 is 1.43 bits per heavy atom. The van der Waals surface area contributed by atoms with Gasteiger partial charge in [0.05, 0.1) is 60.7 Å². The highest BCUT2D eigenvalue weighted by Gasteiger charge is 2.26. The number of nitrogens with one attached hydrogen (secondary N) is 1. The predicted octanol–water partition coefficient (Wildman–Crippen LogP) is 12.7. The molecule has 12 rings (SSSR count). The van der Waals surface area contributed by atoms with Crippen LogP contribution in [0.3, 0.4) is 0 Å². The van der Waals surface area contributed by atoms with Crippen LogP contribution in [0.5, 0.6) is 23.0 Å². The first-order valence-corrected chi connectivity index (χ1v) is 31.7. The van der Waals surface area contributed by atoms with Crippen LogP contribution in [-0.2, 0) is 40.3 Å². The molecule has 4 fully saturated rings. The molecule has 0 atom stereocenters. The highest BCUT2D eigenvalue weighted by atomic mass is 32.1. The van der Waals surface area contributed by atoms with Gasteiger partial charge in [0.2, 0.25) is 0 Å². The van der Waals surface area contributed by atoms with E-state index in [0.717, 1.165) is 138 Å². The molecule has 2 aliphatic carbocycles. The van der Waals surface area contributed by atoms with Crippen molar-refractivity contribution in [2.75, 3.05) is 98.1 Å². The highest BCUT2D eigenvalue weighted by molar-refractivity contribution is 7.80. The number of benzene rings is 2. The predicted molar refractivity (Wildman–Crippen MR) is 335 cm³/mol. The molecular formula is C65H73F5N8O6S3. The standard InChI is InChI=1S/C31H32F2N4O2S.C29H29FN4O2S.C3H7FOS.C2H5FO/c32-8-10-36-11-13-37(14-12-36)20-23-3-5-26(35-19-23)30-18-27-31(40-30)29(7-9-34-27)39-28-6-4-22(17-25(28)33)16-24(38)15-21-1-2-21;30-23-15-20(14-22(35)13-19-1-2-19)4-6-26(23)36-27-7-8-32-25-16-28(37-29(25)27)24-5-3-21(17-33-24)18-34-11-9-31-10-12-34;4-1-2-5-3-6;3-1-2-4/h3-7,9,17-19,21H,1-2,8,10-16,20H2;3-8,15-17,19,31H,1-2,9-14,18H2;6H,1-3H2;4H,1-2H2. The monoisotopic (exact) mass is 1250 g/mol. The van der Waals surface area contributed by atoms with Crippen molar-refractivity contribution < 1.29 is 50.9 Å². The van der Waals surface area contributed by atoms with Crippen LogP contribution < -0.4 is 14.8 Å². The largest absolute Gasteiger partial charge is 0.453 e. The quantitative estimate of drug-likeness (QED) is 0.0227. The molecule has 0 spiro atoms. The Hall–Kier alpha value is -6.34. The minimum Gasteiger partial charge on any atom is -0.453 e. The number of alkyl halides is 3. The summed E-state index contributed by atoms with van der Waals surface area (Å²) < 4.78 is 82.0. The van der Waals surface area contributed by atoms with Crippen LogP contribution in [0.1, 0.15) is 60.8 Å². The molecule has 8 heterocycles. The number of ketones is 2. The van der Waals surface area contributed by atoms with Crippen molar-refractivity contribution in [2.45, 2.75) is 64.5 Å². The van der Waals surface area contributed by atoms with E-state index in [-0.39, 0.29) is 55.8 Å². The van der Waals surface area contributed by atoms with Crippen LogP contribution >= 0.6 is 35.3 Å². The molecule has 2 saturated carbocycles. The maximum atomic E-state index is 14.9. The van der Waals surface area contributed by atoms with E-state index >= 15 is 0 Å². The van der Waals surface area contributed by atoms with Gasteiger partial charge < -0.3 is 24.6 Å². The van der Waals surface area contributed by atoms with Gasteiger partial charge in [0.15, 0.2) is 23.1 Å². The van der Waals surface area contributed by atoms with E-state index in [2.05, 4.69) is 59.5 Å².